The lowest BCUT2D eigenvalue weighted by Gasteiger charge is -2.25. The molecule has 1 unspecified atom stereocenters. The van der Waals surface area contributed by atoms with Gasteiger partial charge in [-0.3, -0.25) is 4.79 Å². The van der Waals surface area contributed by atoms with Crippen LogP contribution in [-0.4, -0.2) is 30.0 Å². The van der Waals surface area contributed by atoms with Crippen LogP contribution >= 0.6 is 11.6 Å². The summed E-state index contributed by atoms with van der Waals surface area (Å²) >= 11 is 5.93. The highest BCUT2D eigenvalue weighted by molar-refractivity contribution is 6.30. The molecule has 0 spiro atoms. The van der Waals surface area contributed by atoms with E-state index in [1.807, 2.05) is 30.9 Å². The first-order valence-corrected chi connectivity index (χ1v) is 7.67. The van der Waals surface area contributed by atoms with E-state index in [2.05, 4.69) is 0 Å². The molecule has 0 aliphatic carbocycles. The lowest BCUT2D eigenvalue weighted by atomic mass is 10.2. The molecule has 4 heteroatoms. The number of rotatable bonds is 3. The Morgan fingerprint density at radius 1 is 1.25 bits per heavy atom. The average Bonchev–Trinajstić information content (AvgIpc) is 2.70. The highest BCUT2D eigenvalue weighted by atomic mass is 35.5. The van der Waals surface area contributed by atoms with E-state index in [0.29, 0.717) is 5.02 Å². The van der Waals surface area contributed by atoms with Crippen LogP contribution in [0.5, 0.6) is 5.75 Å². The van der Waals surface area contributed by atoms with Gasteiger partial charge in [-0.05, 0) is 50.5 Å². The number of carbonyl (C=O) groups is 1. The molecule has 0 aromatic heterocycles. The molecule has 20 heavy (non-hydrogen) atoms. The van der Waals surface area contributed by atoms with Crippen molar-refractivity contribution in [1.29, 1.82) is 0 Å². The normalized spacial score (nSPS) is 17.4. The first-order valence-electron chi connectivity index (χ1n) is 7.29. The van der Waals surface area contributed by atoms with Gasteiger partial charge in [-0.25, -0.2) is 0 Å². The van der Waals surface area contributed by atoms with E-state index in [1.165, 1.54) is 12.8 Å². The minimum absolute atomic E-state index is 0.0845. The van der Waals surface area contributed by atoms with Gasteiger partial charge in [-0.15, -0.1) is 0 Å². The van der Waals surface area contributed by atoms with E-state index >= 15 is 0 Å². The van der Waals surface area contributed by atoms with Crippen molar-refractivity contribution >= 4 is 17.5 Å². The minimum atomic E-state index is -0.451. The van der Waals surface area contributed by atoms with Crippen LogP contribution in [0.25, 0.3) is 0 Å². The van der Waals surface area contributed by atoms with E-state index in [9.17, 15) is 4.79 Å². The second-order valence-corrected chi connectivity index (χ2v) is 5.85. The largest absolute Gasteiger partial charge is 0.481 e. The van der Waals surface area contributed by atoms with Gasteiger partial charge in [0.15, 0.2) is 6.10 Å². The second kappa shape index (κ2) is 6.98. The highest BCUT2D eigenvalue weighted by Gasteiger charge is 2.23. The summed E-state index contributed by atoms with van der Waals surface area (Å²) in [5.74, 6) is 0.811. The number of amides is 1. The van der Waals surface area contributed by atoms with Crippen LogP contribution in [0.15, 0.2) is 18.2 Å². The summed E-state index contributed by atoms with van der Waals surface area (Å²) in [6.07, 6.45) is 4.18. The number of carbonyl (C=O) groups excluding carboxylic acids is 1. The Labute approximate surface area is 125 Å². The zero-order valence-corrected chi connectivity index (χ0v) is 12.9. The Morgan fingerprint density at radius 2 is 1.90 bits per heavy atom. The van der Waals surface area contributed by atoms with E-state index in [1.54, 1.807) is 6.07 Å². The molecule has 1 aliphatic heterocycles. The van der Waals surface area contributed by atoms with Gasteiger partial charge in [-0.2, -0.15) is 0 Å². The number of likely N-dealkylation sites (tertiary alicyclic amines) is 1. The molecular weight excluding hydrogens is 274 g/mol. The molecule has 3 nitrogen and oxygen atoms in total. The van der Waals surface area contributed by atoms with Crippen LogP contribution < -0.4 is 4.74 Å². The van der Waals surface area contributed by atoms with Crippen LogP contribution in [-0.2, 0) is 4.79 Å². The lowest BCUT2D eigenvalue weighted by molar-refractivity contribution is -0.137. The number of hydrogen-bond donors (Lipinski definition) is 0. The fourth-order valence-corrected chi connectivity index (χ4v) is 2.76. The number of ether oxygens (including phenoxy) is 1. The monoisotopic (exact) mass is 295 g/mol. The molecule has 110 valence electrons. The molecule has 1 aromatic carbocycles. The average molecular weight is 296 g/mol. The molecule has 1 aromatic rings. The fourth-order valence-electron chi connectivity index (χ4n) is 2.53. The van der Waals surface area contributed by atoms with E-state index < -0.39 is 6.10 Å². The quantitative estimate of drug-likeness (QED) is 0.848. The van der Waals surface area contributed by atoms with Crippen LogP contribution in [0.2, 0.25) is 5.02 Å². The summed E-state index contributed by atoms with van der Waals surface area (Å²) in [4.78, 5) is 14.3. The summed E-state index contributed by atoms with van der Waals surface area (Å²) in [6, 6.07) is 5.46. The molecule has 1 heterocycles. The van der Waals surface area contributed by atoms with Crippen molar-refractivity contribution in [2.75, 3.05) is 13.1 Å². The number of benzene rings is 1. The topological polar surface area (TPSA) is 29.5 Å². The maximum absolute atomic E-state index is 12.4. The first kappa shape index (κ1) is 15.2. The standard InChI is InChI=1S/C16H22ClNO2/c1-12-11-14(17)7-8-15(12)20-13(2)16(19)18-9-5-3-4-6-10-18/h7-8,11,13H,3-6,9-10H2,1-2H3. The molecule has 1 atom stereocenters. The van der Waals surface area contributed by atoms with Crippen molar-refractivity contribution in [2.45, 2.75) is 45.6 Å². The molecule has 1 aliphatic rings. The first-order chi connectivity index (χ1) is 9.58. The lowest BCUT2D eigenvalue weighted by Crippen LogP contribution is -2.41. The maximum atomic E-state index is 12.4. The number of hydrogen-bond acceptors (Lipinski definition) is 2. The van der Waals surface area contributed by atoms with Crippen molar-refractivity contribution in [2.24, 2.45) is 0 Å². The third-order valence-electron chi connectivity index (χ3n) is 3.71. The maximum Gasteiger partial charge on any atom is 0.263 e. The summed E-state index contributed by atoms with van der Waals surface area (Å²) in [5, 5.41) is 0.682. The Balaban J connectivity index is 1.99. The zero-order valence-electron chi connectivity index (χ0n) is 12.2. The number of nitrogens with zero attached hydrogens (tertiary/aromatic N) is 1. The fraction of sp³-hybridized carbons (Fsp3) is 0.562. The molecule has 0 saturated carbocycles. The summed E-state index contributed by atoms with van der Waals surface area (Å²) in [5.41, 5.74) is 0.952. The van der Waals surface area contributed by atoms with E-state index in [0.717, 1.165) is 37.2 Å². The van der Waals surface area contributed by atoms with Crippen molar-refractivity contribution in [1.82, 2.24) is 4.90 Å². The molecule has 1 saturated heterocycles. The molecule has 0 N–H and O–H groups in total. The Hall–Kier alpha value is -1.22. The Morgan fingerprint density at radius 3 is 2.50 bits per heavy atom. The van der Waals surface area contributed by atoms with Crippen molar-refractivity contribution in [3.05, 3.63) is 28.8 Å². The van der Waals surface area contributed by atoms with Gasteiger partial charge in [0.1, 0.15) is 5.75 Å². The van der Waals surface area contributed by atoms with E-state index in [4.69, 9.17) is 16.3 Å². The summed E-state index contributed by atoms with van der Waals surface area (Å²) < 4.78 is 5.81. The van der Waals surface area contributed by atoms with Gasteiger partial charge >= 0.3 is 0 Å². The second-order valence-electron chi connectivity index (χ2n) is 5.41. The molecular formula is C16H22ClNO2. The van der Waals surface area contributed by atoms with Crippen LogP contribution in [0.3, 0.4) is 0 Å². The Bertz CT molecular complexity index is 468. The van der Waals surface area contributed by atoms with Gasteiger partial charge in [0.25, 0.3) is 5.91 Å². The predicted octanol–water partition coefficient (Wildman–Crippen LogP) is 3.82. The third kappa shape index (κ3) is 3.89. The summed E-state index contributed by atoms with van der Waals surface area (Å²) in [7, 11) is 0. The molecule has 0 bridgehead atoms. The predicted molar refractivity (Wildman–Crippen MR) is 81.3 cm³/mol. The molecule has 2 rings (SSSR count). The van der Waals surface area contributed by atoms with Crippen molar-refractivity contribution < 1.29 is 9.53 Å². The van der Waals surface area contributed by atoms with Crippen LogP contribution in [0.4, 0.5) is 0 Å². The molecule has 1 fully saturated rings. The van der Waals surface area contributed by atoms with Crippen molar-refractivity contribution in [3.63, 3.8) is 0 Å². The highest BCUT2D eigenvalue weighted by Crippen LogP contribution is 2.23. The van der Waals surface area contributed by atoms with E-state index in [-0.39, 0.29) is 5.91 Å². The van der Waals surface area contributed by atoms with Gasteiger partial charge in [0.2, 0.25) is 0 Å². The van der Waals surface area contributed by atoms with Crippen LogP contribution in [0.1, 0.15) is 38.2 Å². The summed E-state index contributed by atoms with van der Waals surface area (Å²) in [6.45, 7) is 5.46. The smallest absolute Gasteiger partial charge is 0.263 e. The minimum Gasteiger partial charge on any atom is -0.481 e. The molecule has 1 amide bonds. The van der Waals surface area contributed by atoms with Gasteiger partial charge < -0.3 is 9.64 Å². The van der Waals surface area contributed by atoms with Gasteiger partial charge in [0.05, 0.1) is 0 Å². The van der Waals surface area contributed by atoms with Crippen molar-refractivity contribution in [3.8, 4) is 5.75 Å². The van der Waals surface area contributed by atoms with Crippen LogP contribution in [0, 0.1) is 6.92 Å². The van der Waals surface area contributed by atoms with Gasteiger partial charge in [0, 0.05) is 18.1 Å². The molecule has 0 radical (unpaired) electrons. The Kier molecular flexibility index (Phi) is 5.30. The third-order valence-corrected chi connectivity index (χ3v) is 3.94. The van der Waals surface area contributed by atoms with Gasteiger partial charge in [-0.1, -0.05) is 24.4 Å². The SMILES string of the molecule is Cc1cc(Cl)ccc1OC(C)C(=O)N1CCCCCC1. The number of halogens is 1. The zero-order chi connectivity index (χ0) is 14.5. The number of aryl methyl sites for hydroxylation is 1.